The monoisotopic (exact) mass is 413 g/mol. The number of halogens is 3. The third-order valence-corrected chi connectivity index (χ3v) is 5.24. The Morgan fingerprint density at radius 1 is 1.18 bits per heavy atom. The number of carbonyl (C=O) groups excluding carboxylic acids is 3. The van der Waals surface area contributed by atoms with Crippen LogP contribution >= 0.6 is 11.3 Å². The van der Waals surface area contributed by atoms with Gasteiger partial charge in [0.05, 0.1) is 16.9 Å². The Bertz CT molecular complexity index is 914. The summed E-state index contributed by atoms with van der Waals surface area (Å²) >= 11 is 0.886. The molecular formula is C17H12F3N2O5S-. The summed E-state index contributed by atoms with van der Waals surface area (Å²) in [5, 5.41) is 26.3. The van der Waals surface area contributed by atoms with Crippen LogP contribution < -0.4 is 15.7 Å². The molecule has 3 atom stereocenters. The van der Waals surface area contributed by atoms with E-state index in [9.17, 15) is 37.8 Å². The number of carbonyl (C=O) groups is 3. The zero-order valence-electron chi connectivity index (χ0n) is 13.8. The van der Waals surface area contributed by atoms with Crippen LogP contribution in [-0.2, 0) is 0 Å². The number of alkyl halides is 3. The van der Waals surface area contributed by atoms with Gasteiger partial charge >= 0.3 is 12.2 Å². The molecule has 0 bridgehead atoms. The molecule has 1 aliphatic rings. The zero-order chi connectivity index (χ0) is 20.7. The van der Waals surface area contributed by atoms with E-state index in [2.05, 4.69) is 5.32 Å². The summed E-state index contributed by atoms with van der Waals surface area (Å²) in [4.78, 5) is 35.5. The lowest BCUT2D eigenvalue weighted by Crippen LogP contribution is -2.72. The summed E-state index contributed by atoms with van der Waals surface area (Å²) in [7, 11) is 0. The maximum absolute atomic E-state index is 13.7. The fraction of sp³-hybridized carbons (Fsp3) is 0.235. The average Bonchev–Trinajstić information content (AvgIpc) is 3.14. The van der Waals surface area contributed by atoms with Gasteiger partial charge in [-0.3, -0.25) is 4.79 Å². The Balaban J connectivity index is 2.12. The summed E-state index contributed by atoms with van der Waals surface area (Å²) in [5.41, 5.74) is -4.05. The minimum atomic E-state index is -5.36. The normalized spacial score (nSPS) is 24.9. The third-order valence-electron chi connectivity index (χ3n) is 4.36. The van der Waals surface area contributed by atoms with E-state index >= 15 is 0 Å². The number of urea groups is 1. The van der Waals surface area contributed by atoms with Crippen LogP contribution in [0.4, 0.5) is 18.0 Å². The number of rotatable bonds is 4. The molecule has 1 aromatic heterocycles. The maximum atomic E-state index is 13.7. The lowest BCUT2D eigenvalue weighted by atomic mass is 9.78. The number of hydrogen-bond donors (Lipinski definition) is 3. The zero-order valence-corrected chi connectivity index (χ0v) is 14.6. The van der Waals surface area contributed by atoms with Crippen LogP contribution in [0.2, 0.25) is 0 Å². The Morgan fingerprint density at radius 3 is 2.32 bits per heavy atom. The van der Waals surface area contributed by atoms with Gasteiger partial charge in [-0.25, -0.2) is 4.79 Å². The van der Waals surface area contributed by atoms with Gasteiger partial charge in [0.15, 0.2) is 5.78 Å². The number of Topliss-reactive ketones (excluding diaryl/α,β-unsaturated/α-hetero) is 1. The highest BCUT2D eigenvalue weighted by Gasteiger charge is 2.66. The van der Waals surface area contributed by atoms with Crippen molar-refractivity contribution >= 4 is 29.1 Å². The molecule has 3 N–H and O–H groups in total. The second-order valence-corrected chi connectivity index (χ2v) is 7.02. The van der Waals surface area contributed by atoms with E-state index in [1.54, 1.807) is 0 Å². The highest BCUT2D eigenvalue weighted by atomic mass is 32.1. The van der Waals surface area contributed by atoms with Crippen molar-refractivity contribution in [1.29, 1.82) is 0 Å². The average molecular weight is 413 g/mol. The number of ketones is 1. The van der Waals surface area contributed by atoms with Crippen molar-refractivity contribution in [1.82, 2.24) is 10.6 Å². The van der Waals surface area contributed by atoms with Crippen molar-refractivity contribution in [3.05, 3.63) is 57.8 Å². The van der Waals surface area contributed by atoms with Crippen LogP contribution in [-0.4, -0.2) is 34.8 Å². The quantitative estimate of drug-likeness (QED) is 0.652. The molecule has 11 heteroatoms. The van der Waals surface area contributed by atoms with Crippen LogP contribution in [0.3, 0.4) is 0 Å². The molecule has 2 heterocycles. The van der Waals surface area contributed by atoms with Gasteiger partial charge in [-0.2, -0.15) is 13.2 Å². The molecule has 0 aliphatic carbocycles. The first-order valence-corrected chi connectivity index (χ1v) is 8.69. The lowest BCUT2D eigenvalue weighted by Gasteiger charge is -2.44. The Morgan fingerprint density at radius 2 is 1.82 bits per heavy atom. The predicted octanol–water partition coefficient (Wildman–Crippen LogP) is 1.22. The summed E-state index contributed by atoms with van der Waals surface area (Å²) in [6, 6.07) is 4.30. The fourth-order valence-electron chi connectivity index (χ4n) is 3.02. The molecule has 2 amide bonds. The number of aliphatic hydroxyl groups is 1. The Labute approximate surface area is 159 Å². The summed E-state index contributed by atoms with van der Waals surface area (Å²) in [6.45, 7) is 0. The number of hydrogen-bond acceptors (Lipinski definition) is 6. The van der Waals surface area contributed by atoms with Gasteiger partial charge in [-0.15, -0.1) is 11.3 Å². The van der Waals surface area contributed by atoms with Crippen molar-refractivity contribution in [3.63, 3.8) is 0 Å². The Kier molecular flexibility index (Phi) is 4.90. The molecule has 7 nitrogen and oxygen atoms in total. The highest BCUT2D eigenvalue weighted by molar-refractivity contribution is 7.12. The number of carboxylic acids is 1. The summed E-state index contributed by atoms with van der Waals surface area (Å²) in [6.07, 6.45) is -5.36. The van der Waals surface area contributed by atoms with Gasteiger partial charge in [-0.05, 0) is 22.6 Å². The summed E-state index contributed by atoms with van der Waals surface area (Å²) in [5.74, 6) is -4.69. The Hall–Kier alpha value is -2.92. The standard InChI is InChI=1S/C17H13F3N2O5S/c18-17(19,20)16(27)11(13(23)10-2-1-7-28-10)12(21-15(26)22-16)8-3-5-9(6-4-8)14(24)25/h1-7,11-12,27H,(H,24,25)(H2,21,22,26)/p-1. The molecule has 0 saturated carbocycles. The number of thiophene rings is 1. The van der Waals surface area contributed by atoms with Crippen LogP contribution in [0.25, 0.3) is 0 Å². The van der Waals surface area contributed by atoms with Gasteiger partial charge in [0.2, 0.25) is 5.72 Å². The first-order valence-electron chi connectivity index (χ1n) is 7.81. The van der Waals surface area contributed by atoms with Crippen LogP contribution in [0, 0.1) is 5.92 Å². The number of amides is 2. The van der Waals surface area contributed by atoms with Crippen molar-refractivity contribution in [2.75, 3.05) is 0 Å². The van der Waals surface area contributed by atoms with Gasteiger partial charge < -0.3 is 25.6 Å². The molecule has 148 valence electrons. The van der Waals surface area contributed by atoms with Crippen molar-refractivity contribution in [3.8, 4) is 0 Å². The van der Waals surface area contributed by atoms with Gasteiger partial charge in [0, 0.05) is 0 Å². The van der Waals surface area contributed by atoms with Crippen LogP contribution in [0.15, 0.2) is 41.8 Å². The SMILES string of the molecule is O=C1NC(c2ccc(C(=O)[O-])cc2)C(C(=O)c2cccs2)C(O)(C(F)(F)F)N1. The molecule has 3 unspecified atom stereocenters. The third kappa shape index (κ3) is 3.34. The summed E-state index contributed by atoms with van der Waals surface area (Å²) < 4.78 is 41.0. The first-order chi connectivity index (χ1) is 13.0. The maximum Gasteiger partial charge on any atom is 0.437 e. The topological polar surface area (TPSA) is 119 Å². The number of carboxylic acid groups (broad SMARTS) is 1. The van der Waals surface area contributed by atoms with Gasteiger partial charge in [-0.1, -0.05) is 30.3 Å². The highest BCUT2D eigenvalue weighted by Crippen LogP contribution is 2.44. The predicted molar refractivity (Wildman–Crippen MR) is 88.3 cm³/mol. The molecule has 0 spiro atoms. The smallest absolute Gasteiger partial charge is 0.437 e. The van der Waals surface area contributed by atoms with Crippen molar-refractivity contribution < 1.29 is 37.8 Å². The molecule has 1 fully saturated rings. The molecule has 28 heavy (non-hydrogen) atoms. The number of benzene rings is 1. The molecule has 1 aliphatic heterocycles. The number of aromatic carboxylic acids is 1. The fourth-order valence-corrected chi connectivity index (χ4v) is 3.72. The number of nitrogens with one attached hydrogen (secondary N) is 2. The minimum absolute atomic E-state index is 0.0115. The van der Waals surface area contributed by atoms with E-state index in [1.165, 1.54) is 22.8 Å². The largest absolute Gasteiger partial charge is 0.545 e. The van der Waals surface area contributed by atoms with Crippen LogP contribution in [0.5, 0.6) is 0 Å². The van der Waals surface area contributed by atoms with E-state index < -0.39 is 41.6 Å². The molecule has 2 aromatic rings. The minimum Gasteiger partial charge on any atom is -0.545 e. The van der Waals surface area contributed by atoms with E-state index in [-0.39, 0.29) is 16.0 Å². The van der Waals surface area contributed by atoms with Crippen LogP contribution in [0.1, 0.15) is 31.6 Å². The van der Waals surface area contributed by atoms with E-state index in [0.717, 1.165) is 35.6 Å². The molecule has 0 radical (unpaired) electrons. The van der Waals surface area contributed by atoms with Gasteiger partial charge in [0.25, 0.3) is 0 Å². The van der Waals surface area contributed by atoms with Gasteiger partial charge in [0.1, 0.15) is 5.92 Å². The van der Waals surface area contributed by atoms with E-state index in [4.69, 9.17) is 0 Å². The van der Waals surface area contributed by atoms with E-state index in [0.29, 0.717) is 0 Å². The lowest BCUT2D eigenvalue weighted by molar-refractivity contribution is -0.287. The molecule has 1 saturated heterocycles. The molecule has 1 aromatic carbocycles. The van der Waals surface area contributed by atoms with Crippen molar-refractivity contribution in [2.45, 2.75) is 17.9 Å². The molecule has 3 rings (SSSR count). The second kappa shape index (κ2) is 6.91. The van der Waals surface area contributed by atoms with E-state index in [1.807, 2.05) is 0 Å². The molecular weight excluding hydrogens is 401 g/mol. The second-order valence-electron chi connectivity index (χ2n) is 6.07. The first kappa shape index (κ1) is 19.8. The van der Waals surface area contributed by atoms with Crippen molar-refractivity contribution in [2.24, 2.45) is 5.92 Å².